The van der Waals surface area contributed by atoms with Gasteiger partial charge in [-0.3, -0.25) is 0 Å². The molecule has 0 saturated carbocycles. The molecule has 0 spiro atoms. The largest absolute Gasteiger partial charge is 0.382 e. The van der Waals surface area contributed by atoms with E-state index in [2.05, 4.69) is 0 Å². The lowest BCUT2D eigenvalue weighted by molar-refractivity contribution is -0.0978. The number of hydrogen-bond donors (Lipinski definition) is 0. The molecule has 2 rings (SSSR count). The van der Waals surface area contributed by atoms with Crippen LogP contribution in [-0.2, 0) is 28.8 Å². The zero-order valence-electron chi connectivity index (χ0n) is 12.1. The Labute approximate surface area is 124 Å². The highest BCUT2D eigenvalue weighted by Gasteiger charge is 2.53. The molecule has 1 aromatic rings. The topological polar surface area (TPSA) is 74.4 Å². The average Bonchev–Trinajstić information content (AvgIpc) is 3.29. The molecule has 0 radical (unpaired) electrons. The van der Waals surface area contributed by atoms with Crippen molar-refractivity contribution in [3.8, 4) is 0 Å². The van der Waals surface area contributed by atoms with Crippen LogP contribution in [-0.4, -0.2) is 53.2 Å². The van der Waals surface area contributed by atoms with Crippen molar-refractivity contribution in [3.05, 3.63) is 30.3 Å². The molecule has 0 aliphatic carbocycles. The maximum absolute atomic E-state index is 12.3. The number of methoxy groups -OCH3 is 1. The van der Waals surface area contributed by atoms with E-state index in [1.807, 2.05) is 0 Å². The predicted molar refractivity (Wildman–Crippen MR) is 75.5 cm³/mol. The molecule has 7 heteroatoms. The van der Waals surface area contributed by atoms with E-state index in [0.717, 1.165) is 0 Å². The average molecular weight is 316 g/mol. The standard InChI is InChI=1S/C14H20O6S/c1-11(19-10-18-9-8-17-2)13-14(20-13)21(15,16)12-6-4-3-5-7-12/h3-7,11,13-14H,8-10H2,1-2H3/t11-,13-,14-/m0/s1. The first-order valence-electron chi connectivity index (χ1n) is 6.70. The summed E-state index contributed by atoms with van der Waals surface area (Å²) < 4.78 is 45.3. The zero-order valence-corrected chi connectivity index (χ0v) is 12.9. The molecule has 0 N–H and O–H groups in total. The van der Waals surface area contributed by atoms with Crippen LogP contribution in [0.4, 0.5) is 0 Å². The quantitative estimate of drug-likeness (QED) is 0.387. The second kappa shape index (κ2) is 7.33. The van der Waals surface area contributed by atoms with E-state index in [4.69, 9.17) is 18.9 Å². The van der Waals surface area contributed by atoms with Crippen molar-refractivity contribution in [3.63, 3.8) is 0 Å². The van der Waals surface area contributed by atoms with Crippen LogP contribution >= 0.6 is 0 Å². The van der Waals surface area contributed by atoms with Crippen molar-refractivity contribution in [2.75, 3.05) is 27.1 Å². The van der Waals surface area contributed by atoms with Crippen LogP contribution in [0.1, 0.15) is 6.92 Å². The maximum atomic E-state index is 12.3. The summed E-state index contributed by atoms with van der Waals surface area (Å²) in [7, 11) is -1.88. The molecular formula is C14H20O6S. The number of ether oxygens (including phenoxy) is 4. The van der Waals surface area contributed by atoms with E-state index < -0.39 is 21.4 Å². The Morgan fingerprint density at radius 1 is 1.24 bits per heavy atom. The fraction of sp³-hybridized carbons (Fsp3) is 0.571. The highest BCUT2D eigenvalue weighted by molar-refractivity contribution is 7.92. The van der Waals surface area contributed by atoms with Crippen LogP contribution in [0.2, 0.25) is 0 Å². The summed E-state index contributed by atoms with van der Waals surface area (Å²) in [6.45, 7) is 2.77. The van der Waals surface area contributed by atoms with Crippen LogP contribution < -0.4 is 0 Å². The predicted octanol–water partition coefficient (Wildman–Crippen LogP) is 1.21. The van der Waals surface area contributed by atoms with Crippen molar-refractivity contribution >= 4 is 9.84 Å². The number of epoxide rings is 1. The molecule has 1 fully saturated rings. The molecular weight excluding hydrogens is 296 g/mol. The fourth-order valence-corrected chi connectivity index (χ4v) is 3.54. The smallest absolute Gasteiger partial charge is 0.207 e. The summed E-state index contributed by atoms with van der Waals surface area (Å²) in [5.74, 6) is 0. The first kappa shape index (κ1) is 16.4. The molecule has 1 saturated heterocycles. The van der Waals surface area contributed by atoms with Crippen LogP contribution in [0, 0.1) is 0 Å². The molecule has 21 heavy (non-hydrogen) atoms. The first-order valence-corrected chi connectivity index (χ1v) is 8.24. The fourth-order valence-electron chi connectivity index (χ4n) is 1.89. The van der Waals surface area contributed by atoms with Crippen molar-refractivity contribution in [2.45, 2.75) is 29.5 Å². The monoisotopic (exact) mass is 316 g/mol. The van der Waals surface area contributed by atoms with Crippen LogP contribution in [0.25, 0.3) is 0 Å². The molecule has 1 aliphatic heterocycles. The van der Waals surface area contributed by atoms with Gasteiger partial charge in [0.1, 0.15) is 12.9 Å². The molecule has 0 aromatic heterocycles. The Balaban J connectivity index is 1.81. The molecule has 118 valence electrons. The second-order valence-electron chi connectivity index (χ2n) is 4.72. The number of sulfone groups is 1. The number of benzene rings is 1. The Bertz CT molecular complexity index is 530. The van der Waals surface area contributed by atoms with E-state index in [9.17, 15) is 8.42 Å². The molecule has 6 nitrogen and oxygen atoms in total. The first-order chi connectivity index (χ1) is 10.1. The lowest BCUT2D eigenvalue weighted by Crippen LogP contribution is -2.23. The van der Waals surface area contributed by atoms with Crippen LogP contribution in [0.3, 0.4) is 0 Å². The SMILES string of the molecule is COCCOCO[C@@H](C)[C@@H]1O[C@H]1S(=O)(=O)c1ccccc1. The van der Waals surface area contributed by atoms with Crippen LogP contribution in [0.15, 0.2) is 35.2 Å². The summed E-state index contributed by atoms with van der Waals surface area (Å²) in [5.41, 5.74) is -0.839. The molecule has 3 atom stereocenters. The minimum absolute atomic E-state index is 0.0858. The van der Waals surface area contributed by atoms with Gasteiger partial charge >= 0.3 is 0 Å². The highest BCUT2D eigenvalue weighted by atomic mass is 32.2. The maximum Gasteiger partial charge on any atom is 0.207 e. The van der Waals surface area contributed by atoms with Gasteiger partial charge in [-0.2, -0.15) is 0 Å². The van der Waals surface area contributed by atoms with E-state index >= 15 is 0 Å². The Morgan fingerprint density at radius 3 is 2.62 bits per heavy atom. The van der Waals surface area contributed by atoms with Crippen molar-refractivity contribution in [1.82, 2.24) is 0 Å². The van der Waals surface area contributed by atoms with E-state index in [0.29, 0.717) is 13.2 Å². The van der Waals surface area contributed by atoms with E-state index in [1.165, 1.54) is 0 Å². The second-order valence-corrected chi connectivity index (χ2v) is 6.74. The summed E-state index contributed by atoms with van der Waals surface area (Å²) in [6, 6.07) is 8.27. The Kier molecular flexibility index (Phi) is 5.72. The molecule has 1 aliphatic rings. The summed E-state index contributed by atoms with van der Waals surface area (Å²) in [6.07, 6.45) is -0.808. The molecule has 0 bridgehead atoms. The van der Waals surface area contributed by atoms with Crippen LogP contribution in [0.5, 0.6) is 0 Å². The van der Waals surface area contributed by atoms with Gasteiger partial charge in [-0.1, -0.05) is 18.2 Å². The van der Waals surface area contributed by atoms with Gasteiger partial charge in [-0.25, -0.2) is 8.42 Å². The molecule has 1 heterocycles. The number of rotatable bonds is 9. The van der Waals surface area contributed by atoms with Gasteiger partial charge in [0.2, 0.25) is 9.84 Å². The third-order valence-corrected chi connectivity index (χ3v) is 5.09. The summed E-state index contributed by atoms with van der Waals surface area (Å²) in [4.78, 5) is 0.265. The van der Waals surface area contributed by atoms with Gasteiger partial charge in [0, 0.05) is 7.11 Å². The molecule has 1 aromatic carbocycles. The van der Waals surface area contributed by atoms with E-state index in [1.54, 1.807) is 44.4 Å². The summed E-state index contributed by atoms with van der Waals surface area (Å²) in [5, 5.41) is 0. The van der Waals surface area contributed by atoms with Gasteiger partial charge < -0.3 is 18.9 Å². The van der Waals surface area contributed by atoms with Gasteiger partial charge in [-0.15, -0.1) is 0 Å². The third kappa shape index (κ3) is 4.24. The van der Waals surface area contributed by atoms with Gasteiger partial charge in [-0.05, 0) is 19.1 Å². The lowest BCUT2D eigenvalue weighted by atomic mass is 10.3. The van der Waals surface area contributed by atoms with Gasteiger partial charge in [0.25, 0.3) is 0 Å². The number of hydrogen-bond acceptors (Lipinski definition) is 6. The lowest BCUT2D eigenvalue weighted by Gasteiger charge is -2.10. The van der Waals surface area contributed by atoms with Crippen molar-refractivity contribution in [1.29, 1.82) is 0 Å². The minimum Gasteiger partial charge on any atom is -0.382 e. The normalized spacial score (nSPS) is 23.0. The van der Waals surface area contributed by atoms with Gasteiger partial charge in [0.05, 0.1) is 24.2 Å². The molecule has 0 unspecified atom stereocenters. The van der Waals surface area contributed by atoms with E-state index in [-0.39, 0.29) is 17.8 Å². The Morgan fingerprint density at radius 2 is 1.95 bits per heavy atom. The third-order valence-electron chi connectivity index (χ3n) is 3.17. The van der Waals surface area contributed by atoms with Crippen molar-refractivity contribution < 1.29 is 27.4 Å². The van der Waals surface area contributed by atoms with Gasteiger partial charge in [0.15, 0.2) is 5.44 Å². The Hall–Kier alpha value is -0.990. The molecule has 0 amide bonds. The highest BCUT2D eigenvalue weighted by Crippen LogP contribution is 2.35. The zero-order chi connectivity index (χ0) is 15.3. The minimum atomic E-state index is -3.46. The summed E-state index contributed by atoms with van der Waals surface area (Å²) >= 11 is 0. The van der Waals surface area contributed by atoms with Crippen molar-refractivity contribution in [2.24, 2.45) is 0 Å².